The Morgan fingerprint density at radius 2 is 1.93 bits per heavy atom. The third-order valence-electron chi connectivity index (χ3n) is 3.53. The van der Waals surface area contributed by atoms with Gasteiger partial charge in [0, 0.05) is 18.6 Å². The molecule has 0 radical (unpaired) electrons. The topological polar surface area (TPSA) is 32.3 Å². The third-order valence-corrected chi connectivity index (χ3v) is 3.53. The first-order valence-electron chi connectivity index (χ1n) is 5.78. The van der Waals surface area contributed by atoms with Gasteiger partial charge in [-0.15, -0.1) is 0 Å². The van der Waals surface area contributed by atoms with Gasteiger partial charge < -0.3 is 10.2 Å². The molecule has 14 heavy (non-hydrogen) atoms. The summed E-state index contributed by atoms with van der Waals surface area (Å²) in [6.07, 6.45) is 4.83. The SMILES string of the molecule is CCNC(=O)N1C2CCC1CC(C)C2. The molecule has 1 N–H and O–H groups in total. The van der Waals surface area contributed by atoms with Crippen molar-refractivity contribution in [3.8, 4) is 0 Å². The lowest BCUT2D eigenvalue weighted by Gasteiger charge is -2.37. The van der Waals surface area contributed by atoms with Crippen molar-refractivity contribution >= 4 is 6.03 Å². The van der Waals surface area contributed by atoms with Crippen LogP contribution in [0.2, 0.25) is 0 Å². The number of nitrogens with one attached hydrogen (secondary N) is 1. The Bertz CT molecular complexity index is 215. The third kappa shape index (κ3) is 1.60. The molecule has 2 aliphatic rings. The van der Waals surface area contributed by atoms with Crippen LogP contribution in [-0.4, -0.2) is 29.6 Å². The molecule has 2 bridgehead atoms. The molecule has 80 valence electrons. The summed E-state index contributed by atoms with van der Waals surface area (Å²) in [7, 11) is 0. The lowest BCUT2D eigenvalue weighted by molar-refractivity contribution is 0.127. The summed E-state index contributed by atoms with van der Waals surface area (Å²) in [5.74, 6) is 0.804. The summed E-state index contributed by atoms with van der Waals surface area (Å²) in [4.78, 5) is 13.9. The van der Waals surface area contributed by atoms with Crippen LogP contribution >= 0.6 is 0 Å². The highest BCUT2D eigenvalue weighted by Gasteiger charge is 2.41. The smallest absolute Gasteiger partial charge is 0.317 e. The summed E-state index contributed by atoms with van der Waals surface area (Å²) < 4.78 is 0. The molecule has 2 rings (SSSR count). The normalized spacial score (nSPS) is 35.9. The van der Waals surface area contributed by atoms with E-state index >= 15 is 0 Å². The molecule has 2 unspecified atom stereocenters. The molecule has 2 atom stereocenters. The van der Waals surface area contributed by atoms with E-state index in [-0.39, 0.29) is 6.03 Å². The fraction of sp³-hybridized carbons (Fsp3) is 0.909. The van der Waals surface area contributed by atoms with Gasteiger partial charge >= 0.3 is 6.03 Å². The number of urea groups is 1. The number of carbonyl (C=O) groups excluding carboxylic acids is 1. The maximum absolute atomic E-state index is 11.8. The van der Waals surface area contributed by atoms with Crippen molar-refractivity contribution in [2.45, 2.75) is 51.6 Å². The fourth-order valence-electron chi connectivity index (χ4n) is 3.02. The molecule has 3 nitrogen and oxygen atoms in total. The van der Waals surface area contributed by atoms with Crippen molar-refractivity contribution in [2.75, 3.05) is 6.54 Å². The molecule has 0 saturated carbocycles. The van der Waals surface area contributed by atoms with Gasteiger partial charge in [0.1, 0.15) is 0 Å². The van der Waals surface area contributed by atoms with E-state index in [0.717, 1.165) is 12.5 Å². The molecular formula is C11H20N2O. The highest BCUT2D eigenvalue weighted by atomic mass is 16.2. The minimum Gasteiger partial charge on any atom is -0.338 e. The van der Waals surface area contributed by atoms with Crippen LogP contribution < -0.4 is 5.32 Å². The predicted molar refractivity (Wildman–Crippen MR) is 56.1 cm³/mol. The van der Waals surface area contributed by atoms with Crippen molar-refractivity contribution in [1.29, 1.82) is 0 Å². The van der Waals surface area contributed by atoms with Gasteiger partial charge in [0.2, 0.25) is 0 Å². The number of amides is 2. The number of fused-ring (bicyclic) bond motifs is 2. The van der Waals surface area contributed by atoms with E-state index in [1.54, 1.807) is 0 Å². The van der Waals surface area contributed by atoms with E-state index in [0.29, 0.717) is 12.1 Å². The van der Waals surface area contributed by atoms with Gasteiger partial charge in [-0.3, -0.25) is 0 Å². The quantitative estimate of drug-likeness (QED) is 0.683. The second-order valence-electron chi connectivity index (χ2n) is 4.70. The Balaban J connectivity index is 2.03. The van der Waals surface area contributed by atoms with Crippen LogP contribution in [0.5, 0.6) is 0 Å². The highest BCUT2D eigenvalue weighted by Crippen LogP contribution is 2.38. The monoisotopic (exact) mass is 196 g/mol. The Labute approximate surface area is 85.8 Å². The lowest BCUT2D eigenvalue weighted by atomic mass is 9.93. The number of carbonyl (C=O) groups is 1. The van der Waals surface area contributed by atoms with E-state index in [4.69, 9.17) is 0 Å². The Hall–Kier alpha value is -0.730. The van der Waals surface area contributed by atoms with Crippen LogP contribution in [0.25, 0.3) is 0 Å². The number of nitrogens with zero attached hydrogens (tertiary/aromatic N) is 1. The Kier molecular flexibility index (Phi) is 2.66. The zero-order valence-corrected chi connectivity index (χ0v) is 9.12. The van der Waals surface area contributed by atoms with Crippen LogP contribution in [0, 0.1) is 5.92 Å². The average Bonchev–Trinajstić information content (AvgIpc) is 2.39. The minimum atomic E-state index is 0.159. The Morgan fingerprint density at radius 1 is 1.36 bits per heavy atom. The molecular weight excluding hydrogens is 176 g/mol. The summed E-state index contributed by atoms with van der Waals surface area (Å²) in [6, 6.07) is 1.21. The molecule has 0 aromatic heterocycles. The van der Waals surface area contributed by atoms with Gasteiger partial charge in [-0.25, -0.2) is 4.79 Å². The van der Waals surface area contributed by atoms with Gasteiger partial charge in [0.05, 0.1) is 0 Å². The van der Waals surface area contributed by atoms with Gasteiger partial charge in [0.25, 0.3) is 0 Å². The van der Waals surface area contributed by atoms with Crippen LogP contribution in [-0.2, 0) is 0 Å². The second-order valence-corrected chi connectivity index (χ2v) is 4.70. The van der Waals surface area contributed by atoms with E-state index in [9.17, 15) is 4.79 Å². The number of piperidine rings is 1. The molecule has 2 aliphatic heterocycles. The molecule has 2 amide bonds. The van der Waals surface area contributed by atoms with E-state index < -0.39 is 0 Å². The van der Waals surface area contributed by atoms with Gasteiger partial charge in [-0.2, -0.15) is 0 Å². The van der Waals surface area contributed by atoms with Crippen molar-refractivity contribution in [2.24, 2.45) is 5.92 Å². The van der Waals surface area contributed by atoms with Crippen LogP contribution in [0.3, 0.4) is 0 Å². The molecule has 0 spiro atoms. The molecule has 0 aromatic rings. The first kappa shape index (κ1) is 9.81. The number of hydrogen-bond donors (Lipinski definition) is 1. The summed E-state index contributed by atoms with van der Waals surface area (Å²) in [6.45, 7) is 5.02. The fourth-order valence-corrected chi connectivity index (χ4v) is 3.02. The maximum Gasteiger partial charge on any atom is 0.317 e. The van der Waals surface area contributed by atoms with Gasteiger partial charge in [0.15, 0.2) is 0 Å². The number of rotatable bonds is 1. The largest absolute Gasteiger partial charge is 0.338 e. The van der Waals surface area contributed by atoms with E-state index in [1.165, 1.54) is 25.7 Å². The summed E-state index contributed by atoms with van der Waals surface area (Å²) in [5.41, 5.74) is 0. The summed E-state index contributed by atoms with van der Waals surface area (Å²) in [5, 5.41) is 2.92. The molecule has 2 saturated heterocycles. The molecule has 2 fully saturated rings. The molecule has 3 heteroatoms. The average molecular weight is 196 g/mol. The first-order chi connectivity index (χ1) is 6.72. The highest BCUT2D eigenvalue weighted by molar-refractivity contribution is 5.75. The Morgan fingerprint density at radius 3 is 2.43 bits per heavy atom. The van der Waals surface area contributed by atoms with Crippen molar-refractivity contribution < 1.29 is 4.79 Å². The van der Waals surface area contributed by atoms with Crippen LogP contribution in [0.15, 0.2) is 0 Å². The first-order valence-corrected chi connectivity index (χ1v) is 5.78. The van der Waals surface area contributed by atoms with Gasteiger partial charge in [-0.05, 0) is 38.5 Å². The van der Waals surface area contributed by atoms with Crippen LogP contribution in [0.4, 0.5) is 4.79 Å². The van der Waals surface area contributed by atoms with Crippen LogP contribution in [0.1, 0.15) is 39.5 Å². The zero-order valence-electron chi connectivity index (χ0n) is 9.12. The second kappa shape index (κ2) is 3.79. The zero-order chi connectivity index (χ0) is 10.1. The van der Waals surface area contributed by atoms with Gasteiger partial charge in [-0.1, -0.05) is 6.92 Å². The summed E-state index contributed by atoms with van der Waals surface area (Å²) >= 11 is 0. The maximum atomic E-state index is 11.8. The molecule has 0 aromatic carbocycles. The standard InChI is InChI=1S/C11H20N2O/c1-3-12-11(14)13-9-4-5-10(13)7-8(2)6-9/h8-10H,3-7H2,1-2H3,(H,12,14). The lowest BCUT2D eigenvalue weighted by Crippen LogP contribution is -2.50. The molecule has 2 heterocycles. The molecule has 0 aliphatic carbocycles. The van der Waals surface area contributed by atoms with E-state index in [1.807, 2.05) is 6.92 Å². The van der Waals surface area contributed by atoms with Crippen molar-refractivity contribution in [1.82, 2.24) is 10.2 Å². The van der Waals surface area contributed by atoms with Crippen molar-refractivity contribution in [3.63, 3.8) is 0 Å². The van der Waals surface area contributed by atoms with E-state index in [2.05, 4.69) is 17.1 Å². The minimum absolute atomic E-state index is 0.159. The van der Waals surface area contributed by atoms with Crippen molar-refractivity contribution in [3.05, 3.63) is 0 Å². The predicted octanol–water partition coefficient (Wildman–Crippen LogP) is 1.98. The number of hydrogen-bond acceptors (Lipinski definition) is 1.